The standard InChI is InChI=1S/C19H23N3O3/c1-24-16-7-6-15(14-3-2-9-20-18(14)16)22-19(23)21-13-8-10-25-17(11-13)12-4-5-12/h2-3,6-7,9,12-13,17H,4-5,8,10-11H2,1H3,(H2,21,22,23). The first kappa shape index (κ1) is 16.1. The van der Waals surface area contributed by atoms with Gasteiger partial charge in [0.1, 0.15) is 11.3 Å². The molecule has 1 aliphatic heterocycles. The maximum Gasteiger partial charge on any atom is 0.319 e. The van der Waals surface area contributed by atoms with Crippen molar-refractivity contribution in [1.29, 1.82) is 0 Å². The number of carbonyl (C=O) groups excluding carboxylic acids is 1. The van der Waals surface area contributed by atoms with Crippen molar-refractivity contribution in [2.24, 2.45) is 5.92 Å². The van der Waals surface area contributed by atoms with Crippen LogP contribution in [0.4, 0.5) is 10.5 Å². The van der Waals surface area contributed by atoms with Gasteiger partial charge in [0.05, 0.1) is 18.9 Å². The Bertz CT molecular complexity index is 776. The van der Waals surface area contributed by atoms with Gasteiger partial charge in [-0.05, 0) is 55.9 Å². The fraction of sp³-hybridized carbons (Fsp3) is 0.474. The van der Waals surface area contributed by atoms with Crippen molar-refractivity contribution in [2.75, 3.05) is 19.0 Å². The monoisotopic (exact) mass is 341 g/mol. The van der Waals surface area contributed by atoms with Crippen LogP contribution >= 0.6 is 0 Å². The lowest BCUT2D eigenvalue weighted by atomic mass is 10.0. The van der Waals surface area contributed by atoms with Crippen LogP contribution in [0.2, 0.25) is 0 Å². The third-order valence-electron chi connectivity index (χ3n) is 5.00. The molecule has 4 rings (SSSR count). The summed E-state index contributed by atoms with van der Waals surface area (Å²) in [6.07, 6.45) is 6.31. The molecule has 1 aromatic carbocycles. The molecule has 2 fully saturated rings. The van der Waals surface area contributed by atoms with E-state index >= 15 is 0 Å². The van der Waals surface area contributed by atoms with Gasteiger partial charge in [0.2, 0.25) is 0 Å². The van der Waals surface area contributed by atoms with Crippen LogP contribution in [-0.2, 0) is 4.74 Å². The zero-order valence-corrected chi connectivity index (χ0v) is 14.3. The van der Waals surface area contributed by atoms with E-state index in [-0.39, 0.29) is 12.1 Å². The first-order valence-corrected chi connectivity index (χ1v) is 8.85. The topological polar surface area (TPSA) is 72.5 Å². The Morgan fingerprint density at radius 1 is 1.28 bits per heavy atom. The van der Waals surface area contributed by atoms with Gasteiger partial charge in [-0.2, -0.15) is 0 Å². The van der Waals surface area contributed by atoms with E-state index in [4.69, 9.17) is 9.47 Å². The smallest absolute Gasteiger partial charge is 0.319 e. The number of benzene rings is 1. The Balaban J connectivity index is 1.45. The number of carbonyl (C=O) groups is 1. The summed E-state index contributed by atoms with van der Waals surface area (Å²) in [7, 11) is 1.62. The third-order valence-corrected chi connectivity index (χ3v) is 5.00. The molecule has 2 aromatic rings. The molecule has 6 heteroatoms. The molecule has 1 aromatic heterocycles. The fourth-order valence-corrected chi connectivity index (χ4v) is 3.52. The lowest BCUT2D eigenvalue weighted by molar-refractivity contribution is -0.00889. The number of urea groups is 1. The van der Waals surface area contributed by atoms with Crippen LogP contribution in [-0.4, -0.2) is 36.9 Å². The van der Waals surface area contributed by atoms with Gasteiger partial charge < -0.3 is 20.1 Å². The summed E-state index contributed by atoms with van der Waals surface area (Å²) in [5.74, 6) is 1.39. The Labute approximate surface area is 146 Å². The number of nitrogens with one attached hydrogen (secondary N) is 2. The summed E-state index contributed by atoms with van der Waals surface area (Å²) in [6.45, 7) is 0.724. The fourth-order valence-electron chi connectivity index (χ4n) is 3.52. The highest BCUT2D eigenvalue weighted by Gasteiger charge is 2.36. The van der Waals surface area contributed by atoms with E-state index in [1.165, 1.54) is 12.8 Å². The molecule has 0 bridgehead atoms. The van der Waals surface area contributed by atoms with Crippen molar-refractivity contribution in [1.82, 2.24) is 10.3 Å². The van der Waals surface area contributed by atoms with E-state index in [2.05, 4.69) is 15.6 Å². The number of anilines is 1. The van der Waals surface area contributed by atoms with Crippen LogP contribution < -0.4 is 15.4 Å². The second kappa shape index (κ2) is 6.88. The molecule has 2 atom stereocenters. The highest BCUT2D eigenvalue weighted by atomic mass is 16.5. The van der Waals surface area contributed by atoms with Crippen LogP contribution in [0.3, 0.4) is 0 Å². The van der Waals surface area contributed by atoms with Crippen molar-refractivity contribution in [3.63, 3.8) is 0 Å². The molecule has 0 spiro atoms. The van der Waals surface area contributed by atoms with Gasteiger partial charge in [-0.3, -0.25) is 4.98 Å². The first-order valence-electron chi connectivity index (χ1n) is 8.85. The number of nitrogens with zero attached hydrogens (tertiary/aromatic N) is 1. The Morgan fingerprint density at radius 3 is 2.96 bits per heavy atom. The number of aromatic nitrogens is 1. The SMILES string of the molecule is COc1ccc(NC(=O)NC2CCOC(C3CC3)C2)c2cccnc12. The predicted molar refractivity (Wildman–Crippen MR) is 95.9 cm³/mol. The number of pyridine rings is 1. The average molecular weight is 341 g/mol. The summed E-state index contributed by atoms with van der Waals surface area (Å²) >= 11 is 0. The minimum Gasteiger partial charge on any atom is -0.494 e. The number of hydrogen-bond donors (Lipinski definition) is 2. The zero-order chi connectivity index (χ0) is 17.2. The molecule has 1 aliphatic carbocycles. The maximum atomic E-state index is 12.5. The second-order valence-electron chi connectivity index (χ2n) is 6.78. The molecular weight excluding hydrogens is 318 g/mol. The van der Waals surface area contributed by atoms with E-state index in [1.54, 1.807) is 13.3 Å². The minimum absolute atomic E-state index is 0.169. The van der Waals surface area contributed by atoms with Crippen molar-refractivity contribution in [3.8, 4) is 5.75 Å². The summed E-state index contributed by atoms with van der Waals surface area (Å²) in [6, 6.07) is 7.43. The highest BCUT2D eigenvalue weighted by molar-refractivity contribution is 6.02. The molecule has 1 saturated heterocycles. The Kier molecular flexibility index (Phi) is 4.44. The van der Waals surface area contributed by atoms with Crippen molar-refractivity contribution < 1.29 is 14.3 Å². The van der Waals surface area contributed by atoms with Gasteiger partial charge in [0.15, 0.2) is 0 Å². The summed E-state index contributed by atoms with van der Waals surface area (Å²) in [4.78, 5) is 16.8. The average Bonchev–Trinajstić information content (AvgIpc) is 3.47. The van der Waals surface area contributed by atoms with Crippen LogP contribution in [0.25, 0.3) is 10.9 Å². The summed E-state index contributed by atoms with van der Waals surface area (Å²) in [5.41, 5.74) is 1.47. The molecule has 2 amide bonds. The van der Waals surface area contributed by atoms with Gasteiger partial charge in [0, 0.05) is 24.2 Å². The number of ether oxygens (including phenoxy) is 2. The Hall–Kier alpha value is -2.34. The molecule has 6 nitrogen and oxygen atoms in total. The van der Waals surface area contributed by atoms with Gasteiger partial charge in [-0.25, -0.2) is 4.79 Å². The summed E-state index contributed by atoms with van der Waals surface area (Å²) in [5, 5.41) is 6.91. The second-order valence-corrected chi connectivity index (χ2v) is 6.78. The van der Waals surface area contributed by atoms with E-state index in [9.17, 15) is 4.79 Å². The number of amides is 2. The predicted octanol–water partition coefficient (Wildman–Crippen LogP) is 3.32. The lowest BCUT2D eigenvalue weighted by Gasteiger charge is -2.30. The largest absolute Gasteiger partial charge is 0.494 e. The molecule has 2 heterocycles. The molecule has 0 radical (unpaired) electrons. The molecule has 2 aliphatic rings. The van der Waals surface area contributed by atoms with Crippen molar-refractivity contribution in [2.45, 2.75) is 37.8 Å². The van der Waals surface area contributed by atoms with Gasteiger partial charge in [-0.1, -0.05) is 0 Å². The highest BCUT2D eigenvalue weighted by Crippen LogP contribution is 2.38. The van der Waals surface area contributed by atoms with E-state index in [0.29, 0.717) is 17.8 Å². The molecule has 2 N–H and O–H groups in total. The number of rotatable bonds is 4. The molecular formula is C19H23N3O3. The minimum atomic E-state index is -0.184. The van der Waals surface area contributed by atoms with E-state index < -0.39 is 0 Å². The number of methoxy groups -OCH3 is 1. The first-order chi connectivity index (χ1) is 12.2. The molecule has 25 heavy (non-hydrogen) atoms. The molecule has 1 saturated carbocycles. The number of fused-ring (bicyclic) bond motifs is 1. The zero-order valence-electron chi connectivity index (χ0n) is 14.3. The quantitative estimate of drug-likeness (QED) is 0.895. The van der Waals surface area contributed by atoms with Crippen molar-refractivity contribution in [3.05, 3.63) is 30.5 Å². The lowest BCUT2D eigenvalue weighted by Crippen LogP contribution is -2.44. The van der Waals surface area contributed by atoms with Crippen LogP contribution in [0.15, 0.2) is 30.5 Å². The van der Waals surface area contributed by atoms with Crippen LogP contribution in [0.1, 0.15) is 25.7 Å². The van der Waals surface area contributed by atoms with Crippen LogP contribution in [0, 0.1) is 5.92 Å². The normalized spacial score (nSPS) is 23.2. The van der Waals surface area contributed by atoms with E-state index in [0.717, 1.165) is 36.0 Å². The molecule has 132 valence electrons. The Morgan fingerprint density at radius 2 is 2.16 bits per heavy atom. The maximum absolute atomic E-state index is 12.5. The van der Waals surface area contributed by atoms with Gasteiger partial charge in [-0.15, -0.1) is 0 Å². The third kappa shape index (κ3) is 3.54. The molecule has 2 unspecified atom stereocenters. The summed E-state index contributed by atoms with van der Waals surface area (Å²) < 4.78 is 11.2. The number of hydrogen-bond acceptors (Lipinski definition) is 4. The van der Waals surface area contributed by atoms with E-state index in [1.807, 2.05) is 24.3 Å². The van der Waals surface area contributed by atoms with Gasteiger partial charge in [0.25, 0.3) is 0 Å². The van der Waals surface area contributed by atoms with Crippen LogP contribution in [0.5, 0.6) is 5.75 Å². The van der Waals surface area contributed by atoms with Gasteiger partial charge >= 0.3 is 6.03 Å². The van der Waals surface area contributed by atoms with Crippen molar-refractivity contribution >= 4 is 22.6 Å².